The summed E-state index contributed by atoms with van der Waals surface area (Å²) < 4.78 is 17.1. The van der Waals surface area contributed by atoms with Crippen LogP contribution in [0.1, 0.15) is 100.0 Å². The SMILES string of the molecule is CCOC[C@H](CC(=O)[C@H]1C[C@@H](C(=O)N(CC(C)C)c2cc(OC)c(C(C)C)cn2)CN(C(=O)OC(C)(C)C)C1)CC(C)C. The summed E-state index contributed by atoms with van der Waals surface area (Å²) in [6.07, 6.45) is 2.87. The average Bonchev–Trinajstić information content (AvgIpc) is 2.92. The van der Waals surface area contributed by atoms with E-state index in [0.29, 0.717) is 50.1 Å². The lowest BCUT2D eigenvalue weighted by molar-refractivity contribution is -0.130. The molecule has 1 fully saturated rings. The molecule has 43 heavy (non-hydrogen) atoms. The first-order valence-electron chi connectivity index (χ1n) is 16.0. The predicted molar refractivity (Wildman–Crippen MR) is 171 cm³/mol. The maximum Gasteiger partial charge on any atom is 0.410 e. The number of methoxy groups -OCH3 is 1. The highest BCUT2D eigenvalue weighted by atomic mass is 16.6. The first kappa shape index (κ1) is 36.5. The number of rotatable bonds is 14. The van der Waals surface area contributed by atoms with Crippen molar-refractivity contribution in [2.24, 2.45) is 29.6 Å². The lowest BCUT2D eigenvalue weighted by Crippen LogP contribution is -2.52. The Morgan fingerprint density at radius 1 is 1.05 bits per heavy atom. The topological polar surface area (TPSA) is 98.3 Å². The molecule has 0 unspecified atom stereocenters. The summed E-state index contributed by atoms with van der Waals surface area (Å²) in [5.74, 6) is 0.929. The van der Waals surface area contributed by atoms with E-state index in [1.165, 1.54) is 0 Å². The zero-order chi connectivity index (χ0) is 32.5. The smallest absolute Gasteiger partial charge is 0.410 e. The van der Waals surface area contributed by atoms with Crippen LogP contribution in [0.3, 0.4) is 0 Å². The molecule has 244 valence electrons. The molecule has 0 N–H and O–H groups in total. The number of hydrogen-bond donors (Lipinski definition) is 0. The van der Waals surface area contributed by atoms with Crippen molar-refractivity contribution in [3.63, 3.8) is 0 Å². The first-order valence-corrected chi connectivity index (χ1v) is 16.0. The highest BCUT2D eigenvalue weighted by Gasteiger charge is 2.41. The molecule has 2 amide bonds. The molecule has 1 aromatic rings. The molecule has 0 spiro atoms. The van der Waals surface area contributed by atoms with Crippen LogP contribution in [-0.2, 0) is 19.1 Å². The van der Waals surface area contributed by atoms with Crippen molar-refractivity contribution >= 4 is 23.6 Å². The number of hydrogen-bond acceptors (Lipinski definition) is 7. The third kappa shape index (κ3) is 11.4. The van der Waals surface area contributed by atoms with Crippen LogP contribution >= 0.6 is 0 Å². The second-order valence-corrected chi connectivity index (χ2v) is 14.1. The van der Waals surface area contributed by atoms with Gasteiger partial charge in [0.15, 0.2) is 0 Å². The van der Waals surface area contributed by atoms with Crippen LogP contribution in [0.25, 0.3) is 0 Å². The molecule has 0 radical (unpaired) electrons. The summed E-state index contributed by atoms with van der Waals surface area (Å²) in [7, 11) is 1.62. The van der Waals surface area contributed by atoms with Crippen LogP contribution in [0.15, 0.2) is 12.3 Å². The third-order valence-electron chi connectivity index (χ3n) is 7.57. The van der Waals surface area contributed by atoms with Crippen molar-refractivity contribution in [3.05, 3.63) is 17.8 Å². The van der Waals surface area contributed by atoms with E-state index in [0.717, 1.165) is 12.0 Å². The van der Waals surface area contributed by atoms with Gasteiger partial charge in [0, 0.05) is 63.0 Å². The van der Waals surface area contributed by atoms with Gasteiger partial charge in [0.05, 0.1) is 13.0 Å². The van der Waals surface area contributed by atoms with E-state index in [1.807, 2.05) is 47.6 Å². The van der Waals surface area contributed by atoms with Gasteiger partial charge in [-0.05, 0) is 64.2 Å². The van der Waals surface area contributed by atoms with Crippen molar-refractivity contribution in [1.29, 1.82) is 0 Å². The normalized spacial score (nSPS) is 18.2. The molecular weight excluding hydrogens is 546 g/mol. The number of nitrogens with zero attached hydrogens (tertiary/aromatic N) is 3. The molecule has 0 aliphatic carbocycles. The number of anilines is 1. The van der Waals surface area contributed by atoms with E-state index in [4.69, 9.17) is 14.2 Å². The molecule has 1 aliphatic rings. The van der Waals surface area contributed by atoms with Crippen LogP contribution < -0.4 is 9.64 Å². The number of likely N-dealkylation sites (tertiary alicyclic amines) is 1. The largest absolute Gasteiger partial charge is 0.496 e. The van der Waals surface area contributed by atoms with Gasteiger partial charge in [-0.1, -0.05) is 41.5 Å². The number of carbonyl (C=O) groups excluding carboxylic acids is 3. The van der Waals surface area contributed by atoms with Gasteiger partial charge in [-0.15, -0.1) is 0 Å². The summed E-state index contributed by atoms with van der Waals surface area (Å²) in [6, 6.07) is 1.82. The zero-order valence-corrected chi connectivity index (χ0v) is 28.6. The number of carbonyl (C=O) groups is 3. The van der Waals surface area contributed by atoms with Gasteiger partial charge in [0.25, 0.3) is 0 Å². The number of aromatic nitrogens is 1. The Kier molecular flexibility index (Phi) is 13.9. The molecule has 9 heteroatoms. The van der Waals surface area contributed by atoms with E-state index >= 15 is 0 Å². The van der Waals surface area contributed by atoms with Gasteiger partial charge in [0.1, 0.15) is 23.0 Å². The second-order valence-electron chi connectivity index (χ2n) is 14.1. The van der Waals surface area contributed by atoms with E-state index in [9.17, 15) is 14.4 Å². The zero-order valence-electron chi connectivity index (χ0n) is 28.6. The van der Waals surface area contributed by atoms with Crippen molar-refractivity contribution in [2.45, 2.75) is 100 Å². The summed E-state index contributed by atoms with van der Waals surface area (Å²) >= 11 is 0. The van der Waals surface area contributed by atoms with E-state index in [1.54, 1.807) is 23.1 Å². The van der Waals surface area contributed by atoms with Crippen LogP contribution in [0.2, 0.25) is 0 Å². The van der Waals surface area contributed by atoms with Gasteiger partial charge >= 0.3 is 6.09 Å². The van der Waals surface area contributed by atoms with E-state index < -0.39 is 23.5 Å². The molecule has 2 rings (SSSR count). The van der Waals surface area contributed by atoms with Gasteiger partial charge in [-0.2, -0.15) is 0 Å². The van der Waals surface area contributed by atoms with Gasteiger partial charge in [0.2, 0.25) is 5.91 Å². The number of Topliss-reactive ketones (excluding diaryl/α,β-unsaturated/α-hetero) is 1. The quantitative estimate of drug-likeness (QED) is 0.232. The van der Waals surface area contributed by atoms with Crippen LogP contribution in [0.4, 0.5) is 10.6 Å². The Hall–Kier alpha value is -2.68. The molecule has 0 aromatic carbocycles. The van der Waals surface area contributed by atoms with Crippen LogP contribution in [-0.4, -0.2) is 73.2 Å². The molecular formula is C34H57N3O6. The summed E-state index contributed by atoms with van der Waals surface area (Å²) in [6.45, 7) is 21.9. The lowest BCUT2D eigenvalue weighted by Gasteiger charge is -2.39. The average molecular weight is 604 g/mol. The minimum Gasteiger partial charge on any atom is -0.496 e. The van der Waals surface area contributed by atoms with Crippen LogP contribution in [0.5, 0.6) is 5.75 Å². The van der Waals surface area contributed by atoms with Crippen molar-refractivity contribution < 1.29 is 28.6 Å². The van der Waals surface area contributed by atoms with Crippen molar-refractivity contribution in [3.8, 4) is 5.75 Å². The van der Waals surface area contributed by atoms with Crippen LogP contribution in [0, 0.1) is 29.6 Å². The highest BCUT2D eigenvalue weighted by molar-refractivity contribution is 5.95. The van der Waals surface area contributed by atoms with E-state index in [2.05, 4.69) is 32.7 Å². The van der Waals surface area contributed by atoms with E-state index in [-0.39, 0.29) is 42.5 Å². The summed E-state index contributed by atoms with van der Waals surface area (Å²) in [5.41, 5.74) is 0.265. The fraction of sp³-hybridized carbons (Fsp3) is 0.765. The fourth-order valence-corrected chi connectivity index (χ4v) is 5.68. The minimum absolute atomic E-state index is 0.0629. The van der Waals surface area contributed by atoms with Gasteiger partial charge in [-0.3, -0.25) is 14.5 Å². The number of pyridine rings is 1. The predicted octanol–water partition coefficient (Wildman–Crippen LogP) is 6.73. The molecule has 2 heterocycles. The van der Waals surface area contributed by atoms with Gasteiger partial charge < -0.3 is 19.1 Å². The number of amides is 2. The maximum atomic E-state index is 14.3. The number of ketones is 1. The highest BCUT2D eigenvalue weighted by Crippen LogP contribution is 2.33. The molecule has 1 aromatic heterocycles. The standard InChI is InChI=1S/C34H57N3O6/c1-12-42-21-25(13-22(2)3)14-29(38)26-15-27(20-36(19-26)33(40)43-34(8,9)10)32(39)37(18-23(4)5)31-16-30(41-11)28(17-35-31)24(6)7/h16-17,22-27H,12-15,18-21H2,1-11H3/t25-,26-,27+/m0/s1. The molecule has 0 saturated carbocycles. The molecule has 1 saturated heterocycles. The summed E-state index contributed by atoms with van der Waals surface area (Å²) in [5, 5.41) is 0. The Balaban J connectivity index is 2.43. The van der Waals surface area contributed by atoms with Crippen molar-refractivity contribution in [2.75, 3.05) is 44.9 Å². The monoisotopic (exact) mass is 603 g/mol. The Bertz CT molecular complexity index is 1060. The minimum atomic E-state index is -0.699. The number of piperidine rings is 1. The lowest BCUT2D eigenvalue weighted by atomic mass is 9.81. The van der Waals surface area contributed by atoms with Gasteiger partial charge in [-0.25, -0.2) is 9.78 Å². The first-order chi connectivity index (χ1) is 20.1. The van der Waals surface area contributed by atoms with Crippen molar-refractivity contribution in [1.82, 2.24) is 9.88 Å². The second kappa shape index (κ2) is 16.4. The molecule has 1 aliphatic heterocycles. The maximum absolute atomic E-state index is 14.3. The third-order valence-corrected chi connectivity index (χ3v) is 7.57. The Labute approximate surface area is 260 Å². The Morgan fingerprint density at radius 2 is 1.70 bits per heavy atom. The molecule has 3 atom stereocenters. The summed E-state index contributed by atoms with van der Waals surface area (Å²) in [4.78, 5) is 49.3. The Morgan fingerprint density at radius 3 is 2.23 bits per heavy atom. The number of ether oxygens (including phenoxy) is 3. The molecule has 9 nitrogen and oxygen atoms in total. The molecule has 0 bridgehead atoms. The fourth-order valence-electron chi connectivity index (χ4n) is 5.68.